The number of rotatable bonds is 12. The zero-order chi connectivity index (χ0) is 18.8. The SMILES string of the molecule is CCCCCCCc1c(Br)c(Br)c(CCCCCCC)c2ccccc12. The molecular weight excluding hydrogens is 448 g/mol. The Balaban J connectivity index is 2.18. The molecule has 2 aromatic carbocycles. The summed E-state index contributed by atoms with van der Waals surface area (Å²) in [6.45, 7) is 4.56. The summed E-state index contributed by atoms with van der Waals surface area (Å²) in [5.41, 5.74) is 2.97. The molecule has 0 saturated carbocycles. The normalized spacial score (nSPS) is 11.4. The second-order valence-electron chi connectivity index (χ2n) is 7.46. The summed E-state index contributed by atoms with van der Waals surface area (Å²) in [6.07, 6.45) is 15.7. The second kappa shape index (κ2) is 12.2. The van der Waals surface area contributed by atoms with Gasteiger partial charge >= 0.3 is 0 Å². The minimum Gasteiger partial charge on any atom is -0.0654 e. The Kier molecular flexibility index (Phi) is 10.3. The molecule has 26 heavy (non-hydrogen) atoms. The number of unbranched alkanes of at least 4 members (excludes halogenated alkanes) is 8. The van der Waals surface area contributed by atoms with Crippen LogP contribution < -0.4 is 0 Å². The maximum Gasteiger partial charge on any atom is 0.0358 e. The van der Waals surface area contributed by atoms with Gasteiger partial charge in [0.1, 0.15) is 0 Å². The van der Waals surface area contributed by atoms with E-state index in [4.69, 9.17) is 0 Å². The van der Waals surface area contributed by atoms with Crippen molar-refractivity contribution in [3.8, 4) is 0 Å². The summed E-state index contributed by atoms with van der Waals surface area (Å²) < 4.78 is 2.57. The first-order valence-corrected chi connectivity index (χ1v) is 12.2. The lowest BCUT2D eigenvalue weighted by atomic mass is 9.93. The van der Waals surface area contributed by atoms with Crippen molar-refractivity contribution in [3.05, 3.63) is 44.3 Å². The van der Waals surface area contributed by atoms with E-state index in [1.165, 1.54) is 108 Å². The highest BCUT2D eigenvalue weighted by Crippen LogP contribution is 2.39. The van der Waals surface area contributed by atoms with Crippen LogP contribution in [0.5, 0.6) is 0 Å². The maximum absolute atomic E-state index is 3.92. The molecule has 0 aliphatic rings. The first-order valence-electron chi connectivity index (χ1n) is 10.6. The van der Waals surface area contributed by atoms with Crippen LogP contribution in [0.3, 0.4) is 0 Å². The predicted molar refractivity (Wildman–Crippen MR) is 124 cm³/mol. The van der Waals surface area contributed by atoms with Crippen LogP contribution in [-0.2, 0) is 12.8 Å². The number of fused-ring (bicyclic) bond motifs is 1. The molecule has 0 fully saturated rings. The van der Waals surface area contributed by atoms with E-state index < -0.39 is 0 Å². The van der Waals surface area contributed by atoms with Crippen molar-refractivity contribution in [3.63, 3.8) is 0 Å². The number of aryl methyl sites for hydroxylation is 2. The summed E-state index contributed by atoms with van der Waals surface area (Å²) in [4.78, 5) is 0. The van der Waals surface area contributed by atoms with Crippen LogP contribution in [0.15, 0.2) is 33.2 Å². The molecule has 0 radical (unpaired) electrons. The van der Waals surface area contributed by atoms with Gasteiger partial charge in [0.15, 0.2) is 0 Å². The third-order valence-corrected chi connectivity index (χ3v) is 7.64. The molecule has 0 aliphatic carbocycles. The van der Waals surface area contributed by atoms with E-state index in [2.05, 4.69) is 70.0 Å². The maximum atomic E-state index is 3.92. The third-order valence-electron chi connectivity index (χ3n) is 5.36. The molecule has 0 N–H and O–H groups in total. The topological polar surface area (TPSA) is 0 Å². The molecule has 2 heteroatoms. The lowest BCUT2D eigenvalue weighted by Gasteiger charge is -2.17. The summed E-state index contributed by atoms with van der Waals surface area (Å²) in [5.74, 6) is 0. The molecular formula is C24H34Br2. The zero-order valence-corrected chi connectivity index (χ0v) is 19.7. The average molecular weight is 482 g/mol. The fourth-order valence-electron chi connectivity index (χ4n) is 3.81. The fraction of sp³-hybridized carbons (Fsp3) is 0.583. The Morgan fingerprint density at radius 2 is 0.962 bits per heavy atom. The molecule has 0 saturated heterocycles. The van der Waals surface area contributed by atoms with E-state index in [0.29, 0.717) is 0 Å². The first kappa shape index (κ1) is 22.0. The van der Waals surface area contributed by atoms with Crippen LogP contribution in [0.4, 0.5) is 0 Å². The fourth-order valence-corrected chi connectivity index (χ4v) is 5.11. The molecule has 2 aromatic rings. The molecule has 0 amide bonds. The highest BCUT2D eigenvalue weighted by molar-refractivity contribution is 9.13. The van der Waals surface area contributed by atoms with Gasteiger partial charge in [0.2, 0.25) is 0 Å². The largest absolute Gasteiger partial charge is 0.0654 e. The lowest BCUT2D eigenvalue weighted by Crippen LogP contribution is -1.98. The summed E-state index contributed by atoms with van der Waals surface area (Å²) in [5, 5.41) is 2.89. The third kappa shape index (κ3) is 6.09. The highest BCUT2D eigenvalue weighted by Gasteiger charge is 2.15. The van der Waals surface area contributed by atoms with E-state index in [1.807, 2.05) is 0 Å². The average Bonchev–Trinajstić information content (AvgIpc) is 2.66. The molecule has 0 aromatic heterocycles. The van der Waals surface area contributed by atoms with E-state index in [9.17, 15) is 0 Å². The molecule has 0 bridgehead atoms. The van der Waals surface area contributed by atoms with Gasteiger partial charge in [0, 0.05) is 8.95 Å². The van der Waals surface area contributed by atoms with Gasteiger partial charge in [-0.1, -0.05) is 89.5 Å². The van der Waals surface area contributed by atoms with Crippen molar-refractivity contribution in [1.82, 2.24) is 0 Å². The van der Waals surface area contributed by atoms with Crippen LogP contribution >= 0.6 is 31.9 Å². The van der Waals surface area contributed by atoms with Gasteiger partial charge in [-0.15, -0.1) is 0 Å². The van der Waals surface area contributed by atoms with Crippen molar-refractivity contribution in [2.75, 3.05) is 0 Å². The summed E-state index contributed by atoms with van der Waals surface area (Å²) in [6, 6.07) is 9.01. The highest BCUT2D eigenvalue weighted by atomic mass is 79.9. The molecule has 0 heterocycles. The van der Waals surface area contributed by atoms with Gasteiger partial charge in [-0.25, -0.2) is 0 Å². The van der Waals surface area contributed by atoms with E-state index >= 15 is 0 Å². The van der Waals surface area contributed by atoms with Gasteiger partial charge in [-0.05, 0) is 79.4 Å². The van der Waals surface area contributed by atoms with Gasteiger partial charge in [0.05, 0.1) is 0 Å². The molecule has 0 atom stereocenters. The Bertz CT molecular complexity index is 617. The number of halogens is 2. The van der Waals surface area contributed by atoms with Crippen molar-refractivity contribution in [2.24, 2.45) is 0 Å². The van der Waals surface area contributed by atoms with Crippen LogP contribution in [0.1, 0.15) is 89.2 Å². The number of hydrogen-bond acceptors (Lipinski definition) is 0. The van der Waals surface area contributed by atoms with Crippen molar-refractivity contribution in [1.29, 1.82) is 0 Å². The van der Waals surface area contributed by atoms with Crippen molar-refractivity contribution >= 4 is 42.6 Å². The van der Waals surface area contributed by atoms with E-state index in [-0.39, 0.29) is 0 Å². The smallest absolute Gasteiger partial charge is 0.0358 e. The Morgan fingerprint density at radius 1 is 0.577 bits per heavy atom. The molecule has 144 valence electrons. The van der Waals surface area contributed by atoms with E-state index in [0.717, 1.165) is 0 Å². The molecule has 0 aliphatic heterocycles. The van der Waals surface area contributed by atoms with Gasteiger partial charge in [-0.3, -0.25) is 0 Å². The van der Waals surface area contributed by atoms with Crippen LogP contribution in [-0.4, -0.2) is 0 Å². The quantitative estimate of drug-likeness (QED) is 0.265. The number of benzene rings is 2. The Labute approximate surface area is 177 Å². The Morgan fingerprint density at radius 3 is 1.35 bits per heavy atom. The molecule has 0 nitrogen and oxygen atoms in total. The van der Waals surface area contributed by atoms with Crippen molar-refractivity contribution in [2.45, 2.75) is 90.9 Å². The number of hydrogen-bond donors (Lipinski definition) is 0. The standard InChI is InChI=1S/C24H34Br2/c1-3-5-7-9-11-17-21-19-15-13-14-16-20(19)22(24(26)23(21)25)18-12-10-8-6-4-2/h13-16H,3-12,17-18H2,1-2H3. The second-order valence-corrected chi connectivity index (χ2v) is 9.05. The van der Waals surface area contributed by atoms with Crippen LogP contribution in [0.2, 0.25) is 0 Å². The zero-order valence-electron chi connectivity index (χ0n) is 16.6. The van der Waals surface area contributed by atoms with Crippen LogP contribution in [0.25, 0.3) is 10.8 Å². The summed E-state index contributed by atoms with van der Waals surface area (Å²) in [7, 11) is 0. The van der Waals surface area contributed by atoms with Crippen molar-refractivity contribution < 1.29 is 0 Å². The van der Waals surface area contributed by atoms with Gasteiger partial charge in [-0.2, -0.15) is 0 Å². The minimum atomic E-state index is 1.17. The minimum absolute atomic E-state index is 1.17. The Hall–Kier alpha value is -0.340. The monoisotopic (exact) mass is 480 g/mol. The van der Waals surface area contributed by atoms with Crippen LogP contribution in [0, 0.1) is 0 Å². The predicted octanol–water partition coefficient (Wildman–Crippen LogP) is 9.39. The molecule has 0 spiro atoms. The first-order chi connectivity index (χ1) is 12.7. The summed E-state index contributed by atoms with van der Waals surface area (Å²) >= 11 is 7.84. The molecule has 0 unspecified atom stereocenters. The van der Waals surface area contributed by atoms with Gasteiger partial charge < -0.3 is 0 Å². The van der Waals surface area contributed by atoms with E-state index in [1.54, 1.807) is 0 Å². The molecule has 2 rings (SSSR count). The van der Waals surface area contributed by atoms with Gasteiger partial charge in [0.25, 0.3) is 0 Å². The lowest BCUT2D eigenvalue weighted by molar-refractivity contribution is 0.630.